The monoisotopic (exact) mass is 570 g/mol. The first kappa shape index (κ1) is 28.4. The van der Waals surface area contributed by atoms with Crippen molar-refractivity contribution in [3.05, 3.63) is 93.9 Å². The minimum Gasteiger partial charge on any atom is -0.497 e. The number of carbonyl (C=O) groups is 1. The number of likely N-dealkylation sites (N-methyl/N-ethyl adjacent to an activating group) is 2. The van der Waals surface area contributed by atoms with E-state index in [4.69, 9.17) is 16.3 Å². The van der Waals surface area contributed by atoms with E-state index in [2.05, 4.69) is 0 Å². The molecule has 0 radical (unpaired) electrons. The smallest absolute Gasteiger partial charge is 0.344 e. The molecule has 0 bridgehead atoms. The molecule has 0 N–H and O–H groups in total. The Morgan fingerprint density at radius 1 is 0.974 bits per heavy atom. The first-order chi connectivity index (χ1) is 18.6. The predicted octanol–water partition coefficient (Wildman–Crippen LogP) is 3.70. The summed E-state index contributed by atoms with van der Waals surface area (Å²) >= 11 is 6.33. The number of amides is 1. The normalized spacial score (nSPS) is 12.6. The Morgan fingerprint density at radius 3 is 2.23 bits per heavy atom. The van der Waals surface area contributed by atoms with E-state index < -0.39 is 21.8 Å². The predicted molar refractivity (Wildman–Crippen MR) is 152 cm³/mol. The Balaban J connectivity index is 1.99. The van der Waals surface area contributed by atoms with Crippen LogP contribution in [0.5, 0.6) is 5.75 Å². The van der Waals surface area contributed by atoms with Gasteiger partial charge in [0.05, 0.1) is 23.0 Å². The number of benzene rings is 3. The van der Waals surface area contributed by atoms with Crippen LogP contribution in [0.2, 0.25) is 5.02 Å². The second-order valence-corrected chi connectivity index (χ2v) is 11.5. The highest BCUT2D eigenvalue weighted by Crippen LogP contribution is 2.29. The van der Waals surface area contributed by atoms with E-state index in [1.807, 2.05) is 32.0 Å². The third-order valence-electron chi connectivity index (χ3n) is 6.51. The topological polar surface area (TPSA) is 93.9 Å². The fraction of sp³-hybridized carbons (Fsp3) is 0.286. The Kier molecular flexibility index (Phi) is 8.48. The summed E-state index contributed by atoms with van der Waals surface area (Å²) in [5.41, 5.74) is 0.0310. The summed E-state index contributed by atoms with van der Waals surface area (Å²) in [6, 6.07) is 18.0. The van der Waals surface area contributed by atoms with E-state index in [0.29, 0.717) is 36.0 Å². The first-order valence-electron chi connectivity index (χ1n) is 12.4. The van der Waals surface area contributed by atoms with Gasteiger partial charge in [0.1, 0.15) is 11.8 Å². The van der Waals surface area contributed by atoms with E-state index in [9.17, 15) is 18.0 Å². The maximum Gasteiger partial charge on any atom is 0.344 e. The van der Waals surface area contributed by atoms with Crippen LogP contribution >= 0.6 is 11.6 Å². The van der Waals surface area contributed by atoms with E-state index in [0.717, 1.165) is 3.97 Å². The van der Waals surface area contributed by atoms with E-state index in [1.165, 1.54) is 54.1 Å². The zero-order valence-electron chi connectivity index (χ0n) is 22.2. The molecule has 206 valence electrons. The standard InChI is InChI=1S/C28H31ClN4O5S/c1-5-31(18-17-30(2)3)27(34)26(20-9-7-6-8-10-20)32-25-19-21(29)11-16-24(25)33(28(32)35)39(36,37)23-14-12-22(38-4)13-15-23/h6-16,19,26H,5,17-18H2,1-4H3. The van der Waals surface area contributed by atoms with Gasteiger partial charge in [-0.3, -0.25) is 9.36 Å². The fourth-order valence-corrected chi connectivity index (χ4v) is 6.02. The average molecular weight is 571 g/mol. The number of nitrogens with zero attached hydrogens (tertiary/aromatic N) is 4. The lowest BCUT2D eigenvalue weighted by Gasteiger charge is -2.28. The van der Waals surface area contributed by atoms with Gasteiger partial charge in [-0.2, -0.15) is 3.97 Å². The molecule has 1 amide bonds. The van der Waals surface area contributed by atoms with Crippen molar-refractivity contribution in [3.63, 3.8) is 0 Å². The number of ether oxygens (including phenoxy) is 1. The Hall–Kier alpha value is -3.60. The van der Waals surface area contributed by atoms with Crippen LogP contribution in [0.25, 0.3) is 11.0 Å². The molecule has 0 fully saturated rings. The molecule has 0 saturated heterocycles. The molecular weight excluding hydrogens is 540 g/mol. The SMILES string of the molecule is CCN(CCN(C)C)C(=O)C(c1ccccc1)n1c(=O)n(S(=O)(=O)c2ccc(OC)cc2)c2ccc(Cl)cc21. The van der Waals surface area contributed by atoms with Gasteiger partial charge in [-0.1, -0.05) is 41.9 Å². The largest absolute Gasteiger partial charge is 0.497 e. The number of methoxy groups -OCH3 is 1. The van der Waals surface area contributed by atoms with Crippen LogP contribution in [-0.4, -0.2) is 73.5 Å². The zero-order chi connectivity index (χ0) is 28.3. The molecule has 0 spiro atoms. The van der Waals surface area contributed by atoms with Crippen molar-refractivity contribution in [2.75, 3.05) is 40.8 Å². The summed E-state index contributed by atoms with van der Waals surface area (Å²) in [4.78, 5) is 31.8. The molecule has 9 nitrogen and oxygen atoms in total. The third kappa shape index (κ3) is 5.59. The molecule has 1 heterocycles. The summed E-state index contributed by atoms with van der Waals surface area (Å²) in [6.07, 6.45) is 0. The van der Waals surface area contributed by atoms with Gasteiger partial charge in [-0.05, 0) is 69.0 Å². The molecule has 39 heavy (non-hydrogen) atoms. The minimum atomic E-state index is -4.35. The molecule has 3 aromatic carbocycles. The Bertz CT molecular complexity index is 1630. The van der Waals surface area contributed by atoms with Crippen LogP contribution in [0, 0.1) is 0 Å². The minimum absolute atomic E-state index is 0.0943. The van der Waals surface area contributed by atoms with Crippen LogP contribution in [-0.2, 0) is 14.8 Å². The second kappa shape index (κ2) is 11.6. The molecule has 0 saturated carbocycles. The van der Waals surface area contributed by atoms with Crippen molar-refractivity contribution in [1.82, 2.24) is 18.3 Å². The van der Waals surface area contributed by atoms with Gasteiger partial charge in [0.2, 0.25) is 0 Å². The van der Waals surface area contributed by atoms with Gasteiger partial charge in [-0.25, -0.2) is 13.2 Å². The summed E-state index contributed by atoms with van der Waals surface area (Å²) in [5, 5.41) is 0.300. The number of hydrogen-bond acceptors (Lipinski definition) is 6. The molecule has 1 unspecified atom stereocenters. The number of hydrogen-bond donors (Lipinski definition) is 0. The summed E-state index contributed by atoms with van der Waals surface area (Å²) < 4.78 is 34.8. The number of carbonyl (C=O) groups excluding carboxylic acids is 1. The summed E-state index contributed by atoms with van der Waals surface area (Å²) in [6.45, 7) is 3.33. The van der Waals surface area contributed by atoms with Gasteiger partial charge in [0.25, 0.3) is 15.9 Å². The van der Waals surface area contributed by atoms with E-state index in [1.54, 1.807) is 29.2 Å². The van der Waals surface area contributed by atoms with Gasteiger partial charge < -0.3 is 14.5 Å². The van der Waals surface area contributed by atoms with Gasteiger partial charge in [-0.15, -0.1) is 0 Å². The van der Waals surface area contributed by atoms with Crippen LogP contribution in [0.15, 0.2) is 82.5 Å². The zero-order valence-corrected chi connectivity index (χ0v) is 23.8. The van der Waals surface area contributed by atoms with Crippen molar-refractivity contribution < 1.29 is 17.9 Å². The van der Waals surface area contributed by atoms with Crippen LogP contribution in [0.1, 0.15) is 18.5 Å². The lowest BCUT2D eigenvalue weighted by atomic mass is 10.0. The van der Waals surface area contributed by atoms with Gasteiger partial charge >= 0.3 is 5.69 Å². The molecule has 0 aliphatic heterocycles. The summed E-state index contributed by atoms with van der Waals surface area (Å²) in [5.74, 6) is 0.149. The molecular formula is C28H31ClN4O5S. The molecule has 11 heteroatoms. The number of aromatic nitrogens is 2. The molecule has 1 aromatic heterocycles. The molecule has 4 rings (SSSR count). The molecule has 4 aromatic rings. The molecule has 0 aliphatic carbocycles. The molecule has 1 atom stereocenters. The lowest BCUT2D eigenvalue weighted by molar-refractivity contribution is -0.133. The lowest BCUT2D eigenvalue weighted by Crippen LogP contribution is -2.44. The quantitative estimate of drug-likeness (QED) is 0.289. The number of imidazole rings is 1. The number of rotatable bonds is 10. The maximum absolute atomic E-state index is 14.1. The fourth-order valence-electron chi connectivity index (χ4n) is 4.46. The van der Waals surface area contributed by atoms with Gasteiger partial charge in [0, 0.05) is 24.7 Å². The molecule has 0 aliphatic rings. The number of fused-ring (bicyclic) bond motifs is 1. The van der Waals surface area contributed by atoms with E-state index >= 15 is 0 Å². The van der Waals surface area contributed by atoms with Crippen molar-refractivity contribution in [1.29, 1.82) is 0 Å². The summed E-state index contributed by atoms with van der Waals surface area (Å²) in [7, 11) is 0.955. The first-order valence-corrected chi connectivity index (χ1v) is 14.2. The third-order valence-corrected chi connectivity index (χ3v) is 8.45. The van der Waals surface area contributed by atoms with Crippen molar-refractivity contribution in [3.8, 4) is 5.75 Å². The Morgan fingerprint density at radius 2 is 1.64 bits per heavy atom. The Labute approximate surface area is 232 Å². The highest BCUT2D eigenvalue weighted by atomic mass is 35.5. The van der Waals surface area contributed by atoms with Crippen molar-refractivity contribution in [2.45, 2.75) is 17.9 Å². The van der Waals surface area contributed by atoms with E-state index in [-0.39, 0.29) is 21.8 Å². The van der Waals surface area contributed by atoms with Crippen LogP contribution in [0.3, 0.4) is 0 Å². The number of halogens is 1. The maximum atomic E-state index is 14.1. The highest BCUT2D eigenvalue weighted by molar-refractivity contribution is 7.90. The average Bonchev–Trinajstić information content (AvgIpc) is 3.21. The van der Waals surface area contributed by atoms with Crippen molar-refractivity contribution in [2.24, 2.45) is 0 Å². The van der Waals surface area contributed by atoms with Crippen molar-refractivity contribution >= 4 is 38.6 Å². The highest BCUT2D eigenvalue weighted by Gasteiger charge is 2.34. The van der Waals surface area contributed by atoms with Gasteiger partial charge in [0.15, 0.2) is 0 Å². The van der Waals surface area contributed by atoms with Crippen LogP contribution < -0.4 is 10.4 Å². The van der Waals surface area contributed by atoms with Crippen LogP contribution in [0.4, 0.5) is 0 Å². The second-order valence-electron chi connectivity index (χ2n) is 9.26.